The van der Waals surface area contributed by atoms with Crippen LogP contribution in [0.4, 0.5) is 0 Å². The van der Waals surface area contributed by atoms with Gasteiger partial charge in [-0.3, -0.25) is 9.59 Å². The molecule has 0 aliphatic carbocycles. The first-order valence-electron chi connectivity index (χ1n) is 10.2. The van der Waals surface area contributed by atoms with Gasteiger partial charge < -0.3 is 9.80 Å². The van der Waals surface area contributed by atoms with Crippen LogP contribution in [0.25, 0.3) is 5.69 Å². The molecule has 0 radical (unpaired) electrons. The normalized spacial score (nSPS) is 17.9. The molecule has 0 atom stereocenters. The molecule has 2 aliphatic heterocycles. The molecular weight excluding hydrogens is 352 g/mol. The molecule has 4 rings (SSSR count). The lowest BCUT2D eigenvalue weighted by Gasteiger charge is -2.33. The first-order chi connectivity index (χ1) is 13.5. The molecule has 6 nitrogen and oxygen atoms in total. The molecule has 2 saturated heterocycles. The highest BCUT2D eigenvalue weighted by Gasteiger charge is 2.31. The van der Waals surface area contributed by atoms with E-state index in [0.717, 1.165) is 55.8 Å². The molecule has 0 spiro atoms. The van der Waals surface area contributed by atoms with E-state index in [1.165, 1.54) is 0 Å². The third-order valence-corrected chi connectivity index (χ3v) is 5.92. The lowest BCUT2D eigenvalue weighted by molar-refractivity contribution is -0.135. The van der Waals surface area contributed by atoms with Crippen molar-refractivity contribution in [2.75, 3.05) is 26.2 Å². The monoisotopic (exact) mass is 380 g/mol. The molecule has 0 saturated carbocycles. The molecule has 0 N–H and O–H groups in total. The predicted molar refractivity (Wildman–Crippen MR) is 107 cm³/mol. The average molecular weight is 380 g/mol. The SMILES string of the molecule is Cc1cc(C)n(-c2ccc(C(=O)N3CCC(C(=O)N4CCCC4)CC3)cc2)n1. The standard InChI is InChI=1S/C22H28N4O2/c1-16-15-17(2)26(23-16)20-7-5-18(6-8-20)21(27)25-13-9-19(10-14-25)22(28)24-11-3-4-12-24/h5-8,15,19H,3-4,9-14H2,1-2H3. The second kappa shape index (κ2) is 7.78. The highest BCUT2D eigenvalue weighted by Crippen LogP contribution is 2.23. The summed E-state index contributed by atoms with van der Waals surface area (Å²) in [5, 5.41) is 4.49. The van der Waals surface area contributed by atoms with Crippen LogP contribution < -0.4 is 0 Å². The van der Waals surface area contributed by atoms with E-state index in [-0.39, 0.29) is 11.8 Å². The van der Waals surface area contributed by atoms with Crippen molar-refractivity contribution in [3.63, 3.8) is 0 Å². The maximum absolute atomic E-state index is 12.9. The molecule has 2 fully saturated rings. The Kier molecular flexibility index (Phi) is 5.20. The Hall–Kier alpha value is -2.63. The van der Waals surface area contributed by atoms with Crippen molar-refractivity contribution in [2.24, 2.45) is 5.92 Å². The second-order valence-electron chi connectivity index (χ2n) is 7.98. The summed E-state index contributed by atoms with van der Waals surface area (Å²) < 4.78 is 1.89. The van der Waals surface area contributed by atoms with Gasteiger partial charge in [-0.1, -0.05) is 0 Å². The summed E-state index contributed by atoms with van der Waals surface area (Å²) in [7, 11) is 0. The molecule has 28 heavy (non-hydrogen) atoms. The maximum Gasteiger partial charge on any atom is 0.253 e. The zero-order valence-corrected chi connectivity index (χ0v) is 16.7. The van der Waals surface area contributed by atoms with Crippen molar-refractivity contribution in [3.8, 4) is 5.69 Å². The molecule has 3 heterocycles. The molecule has 2 aliphatic rings. The van der Waals surface area contributed by atoms with Crippen LogP contribution in [-0.4, -0.2) is 57.6 Å². The van der Waals surface area contributed by atoms with Gasteiger partial charge >= 0.3 is 0 Å². The van der Waals surface area contributed by atoms with Crippen molar-refractivity contribution >= 4 is 11.8 Å². The van der Waals surface area contributed by atoms with Gasteiger partial charge in [0.1, 0.15) is 0 Å². The fraction of sp³-hybridized carbons (Fsp3) is 0.500. The van der Waals surface area contributed by atoms with Crippen LogP contribution in [0.3, 0.4) is 0 Å². The van der Waals surface area contributed by atoms with Crippen molar-refractivity contribution in [2.45, 2.75) is 39.5 Å². The number of hydrogen-bond acceptors (Lipinski definition) is 3. The topological polar surface area (TPSA) is 58.4 Å². The Labute approximate surface area is 166 Å². The van der Waals surface area contributed by atoms with E-state index < -0.39 is 0 Å². The van der Waals surface area contributed by atoms with E-state index in [0.29, 0.717) is 24.6 Å². The van der Waals surface area contributed by atoms with Gasteiger partial charge in [0.05, 0.1) is 11.4 Å². The van der Waals surface area contributed by atoms with Gasteiger partial charge in [0.25, 0.3) is 5.91 Å². The zero-order valence-electron chi connectivity index (χ0n) is 16.7. The summed E-state index contributed by atoms with van der Waals surface area (Å²) in [6.07, 6.45) is 3.78. The quantitative estimate of drug-likeness (QED) is 0.823. The molecule has 0 unspecified atom stereocenters. The lowest BCUT2D eigenvalue weighted by atomic mass is 9.95. The summed E-state index contributed by atoms with van der Waals surface area (Å²) >= 11 is 0. The Morgan fingerprint density at radius 3 is 2.14 bits per heavy atom. The van der Waals surface area contributed by atoms with Gasteiger partial charge in [0.15, 0.2) is 0 Å². The van der Waals surface area contributed by atoms with Gasteiger partial charge in [-0.05, 0) is 69.9 Å². The summed E-state index contributed by atoms with van der Waals surface area (Å²) in [5.41, 5.74) is 3.69. The minimum atomic E-state index is 0.0481. The Balaban J connectivity index is 1.37. The van der Waals surface area contributed by atoms with Crippen molar-refractivity contribution in [1.82, 2.24) is 19.6 Å². The number of benzene rings is 1. The first kappa shape index (κ1) is 18.7. The summed E-state index contributed by atoms with van der Waals surface area (Å²) in [6, 6.07) is 9.66. The van der Waals surface area contributed by atoms with Crippen LogP contribution in [0.15, 0.2) is 30.3 Å². The van der Waals surface area contributed by atoms with E-state index in [2.05, 4.69) is 5.10 Å². The van der Waals surface area contributed by atoms with Gasteiger partial charge in [0.2, 0.25) is 5.91 Å². The van der Waals surface area contributed by atoms with Crippen molar-refractivity contribution in [1.29, 1.82) is 0 Å². The molecule has 1 aromatic carbocycles. The number of rotatable bonds is 3. The van der Waals surface area contributed by atoms with E-state index in [1.54, 1.807) is 0 Å². The summed E-state index contributed by atoms with van der Waals surface area (Å²) in [5.74, 6) is 0.418. The number of likely N-dealkylation sites (tertiary alicyclic amines) is 2. The van der Waals surface area contributed by atoms with Crippen LogP contribution in [-0.2, 0) is 4.79 Å². The Morgan fingerprint density at radius 2 is 1.57 bits per heavy atom. The summed E-state index contributed by atoms with van der Waals surface area (Å²) in [4.78, 5) is 29.3. The highest BCUT2D eigenvalue weighted by molar-refractivity contribution is 5.94. The lowest BCUT2D eigenvalue weighted by Crippen LogP contribution is -2.43. The highest BCUT2D eigenvalue weighted by atomic mass is 16.2. The number of carbonyl (C=O) groups excluding carboxylic acids is 2. The van der Waals surface area contributed by atoms with Crippen molar-refractivity contribution in [3.05, 3.63) is 47.3 Å². The fourth-order valence-corrected chi connectivity index (χ4v) is 4.34. The molecular formula is C22H28N4O2. The molecule has 0 bridgehead atoms. The molecule has 148 valence electrons. The number of amides is 2. The number of piperidine rings is 1. The number of nitrogens with zero attached hydrogens (tertiary/aromatic N) is 4. The second-order valence-corrected chi connectivity index (χ2v) is 7.98. The number of hydrogen-bond donors (Lipinski definition) is 0. The van der Waals surface area contributed by atoms with Gasteiger partial charge in [-0.25, -0.2) is 4.68 Å². The van der Waals surface area contributed by atoms with Crippen LogP contribution in [0.5, 0.6) is 0 Å². The molecule has 1 aromatic heterocycles. The van der Waals surface area contributed by atoms with Crippen molar-refractivity contribution < 1.29 is 9.59 Å². The van der Waals surface area contributed by atoms with Gasteiger partial charge in [-0.2, -0.15) is 5.10 Å². The van der Waals surface area contributed by atoms with E-state index in [1.807, 2.05) is 58.7 Å². The minimum Gasteiger partial charge on any atom is -0.342 e. The van der Waals surface area contributed by atoms with Crippen LogP contribution in [0.2, 0.25) is 0 Å². The zero-order chi connectivity index (χ0) is 19.7. The van der Waals surface area contributed by atoms with Crippen LogP contribution in [0, 0.1) is 19.8 Å². The minimum absolute atomic E-state index is 0.0481. The van der Waals surface area contributed by atoms with Crippen LogP contribution >= 0.6 is 0 Å². The molecule has 2 aromatic rings. The van der Waals surface area contributed by atoms with Gasteiger partial charge in [-0.15, -0.1) is 0 Å². The third kappa shape index (κ3) is 3.68. The Bertz CT molecular complexity index is 857. The average Bonchev–Trinajstić information content (AvgIpc) is 3.37. The van der Waals surface area contributed by atoms with E-state index in [9.17, 15) is 9.59 Å². The summed E-state index contributed by atoms with van der Waals surface area (Å²) in [6.45, 7) is 7.11. The molecule has 6 heteroatoms. The largest absolute Gasteiger partial charge is 0.342 e. The number of aryl methyl sites for hydroxylation is 2. The molecule has 2 amide bonds. The number of aromatic nitrogens is 2. The smallest absolute Gasteiger partial charge is 0.253 e. The van der Waals surface area contributed by atoms with Gasteiger partial charge in [0, 0.05) is 43.4 Å². The fourth-order valence-electron chi connectivity index (χ4n) is 4.34. The predicted octanol–water partition coefficient (Wildman–Crippen LogP) is 2.96. The number of carbonyl (C=O) groups is 2. The van der Waals surface area contributed by atoms with E-state index >= 15 is 0 Å². The maximum atomic E-state index is 12.9. The van der Waals surface area contributed by atoms with E-state index in [4.69, 9.17) is 0 Å². The first-order valence-corrected chi connectivity index (χ1v) is 10.2. The van der Waals surface area contributed by atoms with Crippen LogP contribution in [0.1, 0.15) is 47.4 Å². The Morgan fingerprint density at radius 1 is 0.929 bits per heavy atom. The third-order valence-electron chi connectivity index (χ3n) is 5.92.